The van der Waals surface area contributed by atoms with Crippen molar-refractivity contribution in [3.63, 3.8) is 0 Å². The van der Waals surface area contributed by atoms with Gasteiger partial charge in [0.2, 0.25) is 0 Å². The third-order valence-corrected chi connectivity index (χ3v) is 4.65. The molecule has 2 rings (SSSR count). The Morgan fingerprint density at radius 1 is 1.35 bits per heavy atom. The fourth-order valence-corrected chi connectivity index (χ4v) is 3.56. The zero-order valence-electron chi connectivity index (χ0n) is 11.3. The van der Waals surface area contributed by atoms with Gasteiger partial charge in [-0.05, 0) is 38.5 Å². The fraction of sp³-hybridized carbons (Fsp3) is 1.00. The molecule has 100 valence electrons. The van der Waals surface area contributed by atoms with E-state index in [0.717, 1.165) is 19.4 Å². The summed E-state index contributed by atoms with van der Waals surface area (Å²) in [5.41, 5.74) is 6.35. The van der Waals surface area contributed by atoms with Gasteiger partial charge >= 0.3 is 0 Å². The Kier molecular flexibility index (Phi) is 4.11. The molecule has 17 heavy (non-hydrogen) atoms. The largest absolute Gasteiger partial charge is 0.383 e. The van der Waals surface area contributed by atoms with Gasteiger partial charge in [0, 0.05) is 19.3 Å². The summed E-state index contributed by atoms with van der Waals surface area (Å²) >= 11 is 0. The van der Waals surface area contributed by atoms with Crippen molar-refractivity contribution >= 4 is 0 Å². The van der Waals surface area contributed by atoms with Crippen LogP contribution in [0.2, 0.25) is 0 Å². The van der Waals surface area contributed by atoms with Crippen LogP contribution in [0.15, 0.2) is 0 Å². The van der Waals surface area contributed by atoms with Crippen LogP contribution >= 0.6 is 0 Å². The Hall–Kier alpha value is -0.120. The summed E-state index contributed by atoms with van der Waals surface area (Å²) in [5, 5.41) is 0. The van der Waals surface area contributed by atoms with Gasteiger partial charge in [-0.2, -0.15) is 0 Å². The third kappa shape index (κ3) is 3.01. The lowest BCUT2D eigenvalue weighted by Crippen LogP contribution is -2.54. The average molecular weight is 241 g/mol. The van der Waals surface area contributed by atoms with Gasteiger partial charge in [-0.3, -0.25) is 0 Å². The Morgan fingerprint density at radius 3 is 2.71 bits per heavy atom. The summed E-state index contributed by atoms with van der Waals surface area (Å²) in [6.45, 7) is 3.65. The summed E-state index contributed by atoms with van der Waals surface area (Å²) in [6, 6.07) is 0. The minimum Gasteiger partial charge on any atom is -0.383 e. The van der Waals surface area contributed by atoms with E-state index in [1.54, 1.807) is 7.11 Å². The van der Waals surface area contributed by atoms with Crippen molar-refractivity contribution in [1.82, 2.24) is 0 Å². The second-order valence-corrected chi connectivity index (χ2v) is 6.22. The van der Waals surface area contributed by atoms with E-state index in [2.05, 4.69) is 6.92 Å². The van der Waals surface area contributed by atoms with Crippen LogP contribution < -0.4 is 5.73 Å². The monoisotopic (exact) mass is 241 g/mol. The van der Waals surface area contributed by atoms with Crippen LogP contribution in [0.5, 0.6) is 0 Å². The number of nitrogens with two attached hydrogens (primary N) is 1. The van der Waals surface area contributed by atoms with Crippen molar-refractivity contribution in [3.8, 4) is 0 Å². The average Bonchev–Trinajstić information content (AvgIpc) is 2.30. The maximum atomic E-state index is 6.41. The summed E-state index contributed by atoms with van der Waals surface area (Å²) in [5.74, 6) is 0.536. The van der Waals surface area contributed by atoms with Crippen LogP contribution in [0.25, 0.3) is 0 Å². The van der Waals surface area contributed by atoms with Crippen LogP contribution in [0.3, 0.4) is 0 Å². The molecular weight excluding hydrogens is 214 g/mol. The highest BCUT2D eigenvalue weighted by Gasteiger charge is 2.43. The molecule has 2 N–H and O–H groups in total. The lowest BCUT2D eigenvalue weighted by atomic mass is 9.70. The second kappa shape index (κ2) is 5.25. The predicted molar refractivity (Wildman–Crippen MR) is 69.0 cm³/mol. The zero-order valence-corrected chi connectivity index (χ0v) is 11.3. The first-order chi connectivity index (χ1) is 8.08. The van der Waals surface area contributed by atoms with Gasteiger partial charge in [0.25, 0.3) is 0 Å². The van der Waals surface area contributed by atoms with Crippen LogP contribution in [0.4, 0.5) is 0 Å². The van der Waals surface area contributed by atoms with Crippen LogP contribution in [-0.4, -0.2) is 31.5 Å². The highest BCUT2D eigenvalue weighted by atomic mass is 16.5. The van der Waals surface area contributed by atoms with Crippen molar-refractivity contribution in [3.05, 3.63) is 0 Å². The van der Waals surface area contributed by atoms with E-state index in [0.29, 0.717) is 12.5 Å². The van der Waals surface area contributed by atoms with E-state index in [9.17, 15) is 0 Å². The smallest absolute Gasteiger partial charge is 0.0685 e. The number of rotatable bonds is 3. The molecule has 3 nitrogen and oxygen atoms in total. The molecule has 3 heteroatoms. The molecule has 0 aromatic heterocycles. The lowest BCUT2D eigenvalue weighted by Gasteiger charge is -2.47. The molecule has 1 aliphatic heterocycles. The van der Waals surface area contributed by atoms with E-state index in [4.69, 9.17) is 15.2 Å². The van der Waals surface area contributed by atoms with Crippen LogP contribution in [-0.2, 0) is 9.47 Å². The quantitative estimate of drug-likeness (QED) is 0.825. The third-order valence-electron chi connectivity index (χ3n) is 4.65. The highest BCUT2D eigenvalue weighted by Crippen LogP contribution is 2.43. The van der Waals surface area contributed by atoms with E-state index in [1.807, 2.05) is 0 Å². The van der Waals surface area contributed by atoms with E-state index < -0.39 is 0 Å². The predicted octanol–water partition coefficient (Wildman–Crippen LogP) is 2.48. The Balaban J connectivity index is 2.00. The zero-order chi connectivity index (χ0) is 12.4. The van der Waals surface area contributed by atoms with Crippen molar-refractivity contribution in [1.29, 1.82) is 0 Å². The fourth-order valence-electron chi connectivity index (χ4n) is 3.56. The molecule has 0 bridgehead atoms. The van der Waals surface area contributed by atoms with Crippen LogP contribution in [0.1, 0.15) is 51.9 Å². The van der Waals surface area contributed by atoms with E-state index >= 15 is 0 Å². The molecule has 2 fully saturated rings. The maximum absolute atomic E-state index is 6.41. The van der Waals surface area contributed by atoms with Gasteiger partial charge < -0.3 is 15.2 Å². The molecule has 2 atom stereocenters. The summed E-state index contributed by atoms with van der Waals surface area (Å²) < 4.78 is 11.4. The SMILES string of the molecule is COCC(C)(N)C1CCOC2(CCCCC2)C1. The van der Waals surface area contributed by atoms with Gasteiger partial charge in [0.05, 0.1) is 12.2 Å². The van der Waals surface area contributed by atoms with Crippen molar-refractivity contribution in [2.24, 2.45) is 11.7 Å². The number of hydrogen-bond donors (Lipinski definition) is 1. The van der Waals surface area contributed by atoms with Crippen LogP contribution in [0, 0.1) is 5.92 Å². The molecule has 0 radical (unpaired) electrons. The second-order valence-electron chi connectivity index (χ2n) is 6.22. The molecule has 1 aliphatic carbocycles. The summed E-state index contributed by atoms with van der Waals surface area (Å²) in [7, 11) is 1.74. The minimum absolute atomic E-state index is 0.148. The van der Waals surface area contributed by atoms with Gasteiger partial charge in [0.1, 0.15) is 0 Å². The maximum Gasteiger partial charge on any atom is 0.0685 e. The lowest BCUT2D eigenvalue weighted by molar-refractivity contribution is -0.130. The van der Waals surface area contributed by atoms with E-state index in [-0.39, 0.29) is 11.1 Å². The molecule has 1 saturated heterocycles. The van der Waals surface area contributed by atoms with Gasteiger partial charge in [-0.25, -0.2) is 0 Å². The molecule has 0 aromatic carbocycles. The minimum atomic E-state index is -0.205. The Labute approximate surface area is 105 Å². The van der Waals surface area contributed by atoms with E-state index in [1.165, 1.54) is 32.1 Å². The summed E-state index contributed by atoms with van der Waals surface area (Å²) in [6.07, 6.45) is 8.67. The molecular formula is C14H27NO2. The first kappa shape index (κ1) is 13.3. The highest BCUT2D eigenvalue weighted by molar-refractivity contribution is 4.97. The Bertz CT molecular complexity index is 241. The first-order valence-corrected chi connectivity index (χ1v) is 7.00. The van der Waals surface area contributed by atoms with Crippen molar-refractivity contribution in [2.75, 3.05) is 20.3 Å². The molecule has 1 heterocycles. The van der Waals surface area contributed by atoms with Crippen molar-refractivity contribution < 1.29 is 9.47 Å². The molecule has 2 aliphatic rings. The first-order valence-electron chi connectivity index (χ1n) is 7.00. The number of hydrogen-bond acceptors (Lipinski definition) is 3. The molecule has 0 amide bonds. The topological polar surface area (TPSA) is 44.5 Å². The normalized spacial score (nSPS) is 32.3. The van der Waals surface area contributed by atoms with Crippen molar-refractivity contribution in [2.45, 2.75) is 63.0 Å². The molecule has 1 saturated carbocycles. The molecule has 1 spiro atoms. The Morgan fingerprint density at radius 2 is 2.06 bits per heavy atom. The molecule has 2 unspecified atom stereocenters. The van der Waals surface area contributed by atoms with Gasteiger partial charge in [0.15, 0.2) is 0 Å². The van der Waals surface area contributed by atoms with Gasteiger partial charge in [-0.15, -0.1) is 0 Å². The molecule has 0 aromatic rings. The standard InChI is InChI=1S/C14H27NO2/c1-13(15,11-16-2)12-6-9-17-14(10-12)7-4-3-5-8-14/h12H,3-11,15H2,1-2H3. The number of methoxy groups -OCH3 is 1. The summed E-state index contributed by atoms with van der Waals surface area (Å²) in [4.78, 5) is 0. The number of ether oxygens (including phenoxy) is 2. The van der Waals surface area contributed by atoms with Gasteiger partial charge in [-0.1, -0.05) is 19.3 Å².